The highest BCUT2D eigenvalue weighted by Crippen LogP contribution is 2.23. The Balaban J connectivity index is 2.31. The molecule has 2 aromatic rings. The van der Waals surface area contributed by atoms with Gasteiger partial charge in [-0.2, -0.15) is 0 Å². The molecule has 0 aromatic carbocycles. The Kier molecular flexibility index (Phi) is 4.15. The normalized spacial score (nSPS) is 12.8. The first kappa shape index (κ1) is 12.8. The fourth-order valence-corrected chi connectivity index (χ4v) is 2.09. The van der Waals surface area contributed by atoms with E-state index in [4.69, 9.17) is 4.42 Å². The Bertz CT molecular complexity index is 489. The SMILES string of the molecule is CCCn1nncc1C(NCC)c1coc(C)c1. The van der Waals surface area contributed by atoms with Crippen LogP contribution in [0.1, 0.15) is 43.3 Å². The van der Waals surface area contributed by atoms with Gasteiger partial charge in [-0.1, -0.05) is 19.1 Å². The highest BCUT2D eigenvalue weighted by molar-refractivity contribution is 5.25. The van der Waals surface area contributed by atoms with Crippen molar-refractivity contribution in [3.63, 3.8) is 0 Å². The topological polar surface area (TPSA) is 55.9 Å². The number of hydrogen-bond donors (Lipinski definition) is 1. The second-order valence-corrected chi connectivity index (χ2v) is 4.36. The summed E-state index contributed by atoms with van der Waals surface area (Å²) in [6.45, 7) is 7.94. The summed E-state index contributed by atoms with van der Waals surface area (Å²) >= 11 is 0. The van der Waals surface area contributed by atoms with Crippen molar-refractivity contribution in [1.29, 1.82) is 0 Å². The van der Waals surface area contributed by atoms with Crippen molar-refractivity contribution in [3.05, 3.63) is 35.5 Å². The molecule has 1 atom stereocenters. The molecule has 0 spiro atoms. The van der Waals surface area contributed by atoms with Crippen molar-refractivity contribution in [3.8, 4) is 0 Å². The van der Waals surface area contributed by atoms with Gasteiger partial charge >= 0.3 is 0 Å². The van der Waals surface area contributed by atoms with Crippen molar-refractivity contribution in [1.82, 2.24) is 20.3 Å². The van der Waals surface area contributed by atoms with Crippen LogP contribution in [0.15, 0.2) is 22.9 Å². The van der Waals surface area contributed by atoms with E-state index in [-0.39, 0.29) is 6.04 Å². The summed E-state index contributed by atoms with van der Waals surface area (Å²) in [7, 11) is 0. The first-order chi connectivity index (χ1) is 8.76. The lowest BCUT2D eigenvalue weighted by Crippen LogP contribution is -2.24. The van der Waals surface area contributed by atoms with Gasteiger partial charge in [0.25, 0.3) is 0 Å². The Morgan fingerprint density at radius 3 is 2.89 bits per heavy atom. The number of furan rings is 1. The molecule has 98 valence electrons. The summed E-state index contributed by atoms with van der Waals surface area (Å²) in [6.07, 6.45) is 4.66. The van der Waals surface area contributed by atoms with Crippen LogP contribution in [0.2, 0.25) is 0 Å². The first-order valence-electron chi connectivity index (χ1n) is 6.43. The van der Waals surface area contributed by atoms with E-state index in [0.717, 1.165) is 36.5 Å². The molecule has 0 aliphatic heterocycles. The lowest BCUT2D eigenvalue weighted by atomic mass is 10.1. The van der Waals surface area contributed by atoms with Crippen LogP contribution in [0.5, 0.6) is 0 Å². The van der Waals surface area contributed by atoms with E-state index < -0.39 is 0 Å². The second-order valence-electron chi connectivity index (χ2n) is 4.36. The van der Waals surface area contributed by atoms with E-state index >= 15 is 0 Å². The summed E-state index contributed by atoms with van der Waals surface area (Å²) < 4.78 is 7.35. The minimum absolute atomic E-state index is 0.0917. The zero-order valence-electron chi connectivity index (χ0n) is 11.2. The summed E-state index contributed by atoms with van der Waals surface area (Å²) in [5.74, 6) is 0.919. The quantitative estimate of drug-likeness (QED) is 0.852. The number of aromatic nitrogens is 3. The molecule has 0 radical (unpaired) electrons. The third-order valence-electron chi connectivity index (χ3n) is 2.87. The summed E-state index contributed by atoms with van der Waals surface area (Å²) in [5, 5.41) is 11.6. The molecule has 0 bridgehead atoms. The highest BCUT2D eigenvalue weighted by Gasteiger charge is 2.19. The minimum Gasteiger partial charge on any atom is -0.469 e. The van der Waals surface area contributed by atoms with Crippen LogP contribution in [-0.2, 0) is 6.54 Å². The van der Waals surface area contributed by atoms with Gasteiger partial charge in [0.15, 0.2) is 0 Å². The third kappa shape index (κ3) is 2.61. The standard InChI is InChI=1S/C13H20N4O/c1-4-6-17-12(8-15-16-17)13(14-5-2)11-7-10(3)18-9-11/h7-9,13-14H,4-6H2,1-3H3. The van der Waals surface area contributed by atoms with Gasteiger partial charge in [-0.05, 0) is 26.0 Å². The van der Waals surface area contributed by atoms with Gasteiger partial charge < -0.3 is 9.73 Å². The summed E-state index contributed by atoms with van der Waals surface area (Å²) in [4.78, 5) is 0. The molecular formula is C13H20N4O. The van der Waals surface area contributed by atoms with E-state index in [1.807, 2.05) is 17.8 Å². The van der Waals surface area contributed by atoms with E-state index in [0.29, 0.717) is 0 Å². The largest absolute Gasteiger partial charge is 0.469 e. The number of nitrogens with zero attached hydrogens (tertiary/aromatic N) is 3. The monoisotopic (exact) mass is 248 g/mol. The number of nitrogens with one attached hydrogen (secondary N) is 1. The van der Waals surface area contributed by atoms with Gasteiger partial charge in [0.05, 0.1) is 24.2 Å². The van der Waals surface area contributed by atoms with Crippen LogP contribution >= 0.6 is 0 Å². The summed E-state index contributed by atoms with van der Waals surface area (Å²) in [6, 6.07) is 2.14. The average Bonchev–Trinajstić information content (AvgIpc) is 2.96. The van der Waals surface area contributed by atoms with Crippen LogP contribution in [0.25, 0.3) is 0 Å². The van der Waals surface area contributed by atoms with Crippen LogP contribution in [0.3, 0.4) is 0 Å². The average molecular weight is 248 g/mol. The molecule has 0 saturated carbocycles. The zero-order valence-corrected chi connectivity index (χ0v) is 11.2. The molecule has 0 fully saturated rings. The Labute approximate surface area is 107 Å². The van der Waals surface area contributed by atoms with Crippen molar-refractivity contribution in [2.75, 3.05) is 6.54 Å². The molecule has 5 nitrogen and oxygen atoms in total. The highest BCUT2D eigenvalue weighted by atomic mass is 16.3. The smallest absolute Gasteiger partial charge is 0.101 e. The molecule has 0 aliphatic rings. The van der Waals surface area contributed by atoms with Gasteiger partial charge in [0, 0.05) is 12.1 Å². The van der Waals surface area contributed by atoms with Crippen LogP contribution in [0.4, 0.5) is 0 Å². The predicted molar refractivity (Wildman–Crippen MR) is 69.3 cm³/mol. The van der Waals surface area contributed by atoms with Gasteiger partial charge in [-0.25, -0.2) is 4.68 Å². The van der Waals surface area contributed by atoms with Gasteiger partial charge in [0.1, 0.15) is 5.76 Å². The second kappa shape index (κ2) is 5.82. The molecule has 0 aliphatic carbocycles. The maximum absolute atomic E-state index is 5.40. The molecule has 1 N–H and O–H groups in total. The van der Waals surface area contributed by atoms with E-state index in [2.05, 4.69) is 35.5 Å². The van der Waals surface area contributed by atoms with Crippen molar-refractivity contribution < 1.29 is 4.42 Å². The molecule has 1 unspecified atom stereocenters. The molecule has 5 heteroatoms. The van der Waals surface area contributed by atoms with Crippen LogP contribution in [-0.4, -0.2) is 21.5 Å². The lowest BCUT2D eigenvalue weighted by molar-refractivity contribution is 0.500. The zero-order chi connectivity index (χ0) is 13.0. The molecular weight excluding hydrogens is 228 g/mol. The fraction of sp³-hybridized carbons (Fsp3) is 0.538. The molecule has 2 aromatic heterocycles. The van der Waals surface area contributed by atoms with E-state index in [1.54, 1.807) is 6.26 Å². The molecule has 18 heavy (non-hydrogen) atoms. The maximum Gasteiger partial charge on any atom is 0.101 e. The van der Waals surface area contributed by atoms with Crippen molar-refractivity contribution in [2.24, 2.45) is 0 Å². The van der Waals surface area contributed by atoms with E-state index in [9.17, 15) is 0 Å². The molecule has 2 rings (SSSR count). The van der Waals surface area contributed by atoms with Crippen molar-refractivity contribution in [2.45, 2.75) is 39.8 Å². The first-order valence-corrected chi connectivity index (χ1v) is 6.43. The van der Waals surface area contributed by atoms with Crippen LogP contribution < -0.4 is 5.32 Å². The van der Waals surface area contributed by atoms with Crippen molar-refractivity contribution >= 4 is 0 Å². The molecule has 0 amide bonds. The van der Waals surface area contributed by atoms with E-state index in [1.165, 1.54) is 0 Å². The summed E-state index contributed by atoms with van der Waals surface area (Å²) in [5.41, 5.74) is 2.20. The number of rotatable bonds is 6. The predicted octanol–water partition coefficient (Wildman–Crippen LogP) is 2.29. The fourth-order valence-electron chi connectivity index (χ4n) is 2.09. The number of aryl methyl sites for hydroxylation is 2. The molecule has 2 heterocycles. The lowest BCUT2D eigenvalue weighted by Gasteiger charge is -2.17. The van der Waals surface area contributed by atoms with Gasteiger partial charge in [-0.3, -0.25) is 0 Å². The Morgan fingerprint density at radius 1 is 1.44 bits per heavy atom. The minimum atomic E-state index is 0.0917. The van der Waals surface area contributed by atoms with Crippen LogP contribution in [0, 0.1) is 6.92 Å². The van der Waals surface area contributed by atoms with Gasteiger partial charge in [-0.15, -0.1) is 5.10 Å². The van der Waals surface area contributed by atoms with Gasteiger partial charge in [0.2, 0.25) is 0 Å². The molecule has 0 saturated heterocycles. The number of hydrogen-bond acceptors (Lipinski definition) is 4. The Morgan fingerprint density at radius 2 is 2.28 bits per heavy atom. The maximum atomic E-state index is 5.40. The Hall–Kier alpha value is -1.62. The third-order valence-corrected chi connectivity index (χ3v) is 2.87.